The lowest BCUT2D eigenvalue weighted by molar-refractivity contribution is -0.127. The predicted octanol–water partition coefficient (Wildman–Crippen LogP) is 3.35. The quantitative estimate of drug-likeness (QED) is 0.775. The largest absolute Gasteiger partial charge is 0.352 e. The maximum absolute atomic E-state index is 12.3. The van der Waals surface area contributed by atoms with E-state index in [-0.39, 0.29) is 0 Å². The number of amides is 1. The van der Waals surface area contributed by atoms with Crippen molar-refractivity contribution in [2.45, 2.75) is 52.0 Å². The van der Waals surface area contributed by atoms with Gasteiger partial charge in [-0.3, -0.25) is 4.79 Å². The SMILES string of the molecule is CC(C)CC(CBr)NC(=O)C1CC2CCC1C2. The van der Waals surface area contributed by atoms with Crippen molar-refractivity contribution in [3.8, 4) is 0 Å². The van der Waals surface area contributed by atoms with Gasteiger partial charge in [-0.2, -0.15) is 0 Å². The van der Waals surface area contributed by atoms with E-state index in [0.717, 1.165) is 24.1 Å². The number of hydrogen-bond donors (Lipinski definition) is 1. The van der Waals surface area contributed by atoms with E-state index in [9.17, 15) is 4.79 Å². The highest BCUT2D eigenvalue weighted by Gasteiger charge is 2.43. The topological polar surface area (TPSA) is 29.1 Å². The monoisotopic (exact) mass is 301 g/mol. The number of hydrogen-bond acceptors (Lipinski definition) is 1. The Hall–Kier alpha value is -0.0500. The third-order valence-corrected chi connectivity index (χ3v) is 5.15. The van der Waals surface area contributed by atoms with Crippen LogP contribution in [0.25, 0.3) is 0 Å². The Morgan fingerprint density at radius 3 is 2.59 bits per heavy atom. The molecule has 2 bridgehead atoms. The lowest BCUT2D eigenvalue weighted by Crippen LogP contribution is -2.42. The van der Waals surface area contributed by atoms with Crippen LogP contribution >= 0.6 is 15.9 Å². The molecule has 1 N–H and O–H groups in total. The Morgan fingerprint density at radius 2 is 2.12 bits per heavy atom. The zero-order chi connectivity index (χ0) is 12.4. The molecule has 0 aromatic carbocycles. The first kappa shape index (κ1) is 13.4. The Balaban J connectivity index is 1.83. The van der Waals surface area contributed by atoms with Crippen LogP contribution < -0.4 is 5.32 Å². The van der Waals surface area contributed by atoms with E-state index in [1.807, 2.05) is 0 Å². The van der Waals surface area contributed by atoms with E-state index in [0.29, 0.717) is 29.7 Å². The first-order valence-electron chi connectivity index (χ1n) is 6.96. The molecule has 0 aliphatic heterocycles. The second-order valence-electron chi connectivity index (χ2n) is 6.27. The molecule has 0 radical (unpaired) electrons. The molecule has 0 saturated heterocycles. The van der Waals surface area contributed by atoms with Crippen molar-refractivity contribution in [2.75, 3.05) is 5.33 Å². The molecule has 98 valence electrons. The average Bonchev–Trinajstić information content (AvgIpc) is 2.88. The van der Waals surface area contributed by atoms with E-state index < -0.39 is 0 Å². The predicted molar refractivity (Wildman–Crippen MR) is 74.1 cm³/mol. The normalized spacial score (nSPS) is 33.1. The number of fused-ring (bicyclic) bond motifs is 2. The summed E-state index contributed by atoms with van der Waals surface area (Å²) < 4.78 is 0. The van der Waals surface area contributed by atoms with Gasteiger partial charge in [0.15, 0.2) is 0 Å². The summed E-state index contributed by atoms with van der Waals surface area (Å²) in [5.74, 6) is 2.82. The lowest BCUT2D eigenvalue weighted by Gasteiger charge is -2.25. The van der Waals surface area contributed by atoms with Gasteiger partial charge in [0.1, 0.15) is 0 Å². The van der Waals surface area contributed by atoms with Crippen LogP contribution in [0.15, 0.2) is 0 Å². The summed E-state index contributed by atoms with van der Waals surface area (Å²) in [4.78, 5) is 12.3. The molecule has 0 aromatic heterocycles. The molecule has 17 heavy (non-hydrogen) atoms. The molecule has 1 amide bonds. The highest BCUT2D eigenvalue weighted by molar-refractivity contribution is 9.09. The molecule has 2 aliphatic rings. The van der Waals surface area contributed by atoms with Crippen LogP contribution in [0.2, 0.25) is 0 Å². The molecule has 2 rings (SSSR count). The molecule has 0 heterocycles. The Bertz CT molecular complexity index is 279. The second-order valence-corrected chi connectivity index (χ2v) is 6.92. The first-order chi connectivity index (χ1) is 8.10. The molecule has 2 fully saturated rings. The summed E-state index contributed by atoms with van der Waals surface area (Å²) in [6.45, 7) is 4.42. The Labute approximate surface area is 113 Å². The fraction of sp³-hybridized carbons (Fsp3) is 0.929. The number of nitrogens with one attached hydrogen (secondary N) is 1. The number of halogens is 1. The van der Waals surface area contributed by atoms with Crippen molar-refractivity contribution in [3.63, 3.8) is 0 Å². The molecule has 0 aromatic rings. The highest BCUT2D eigenvalue weighted by Crippen LogP contribution is 2.48. The van der Waals surface area contributed by atoms with Gasteiger partial charge in [-0.25, -0.2) is 0 Å². The van der Waals surface area contributed by atoms with E-state index in [2.05, 4.69) is 35.1 Å². The van der Waals surface area contributed by atoms with Crippen LogP contribution in [0.1, 0.15) is 46.0 Å². The van der Waals surface area contributed by atoms with Crippen LogP contribution in [-0.2, 0) is 4.79 Å². The minimum absolute atomic E-state index is 0.307. The standard InChI is InChI=1S/C14H24BrNO/c1-9(2)5-12(8-15)16-14(17)13-7-10-3-4-11(13)6-10/h9-13H,3-8H2,1-2H3,(H,16,17). The molecule has 0 spiro atoms. The van der Waals surface area contributed by atoms with Crippen molar-refractivity contribution in [1.82, 2.24) is 5.32 Å². The number of carbonyl (C=O) groups excluding carboxylic acids is 1. The number of carbonyl (C=O) groups is 1. The van der Waals surface area contributed by atoms with Crippen molar-refractivity contribution in [3.05, 3.63) is 0 Å². The van der Waals surface area contributed by atoms with Gasteiger partial charge in [-0.05, 0) is 43.4 Å². The van der Waals surface area contributed by atoms with E-state index in [4.69, 9.17) is 0 Å². The van der Waals surface area contributed by atoms with Crippen molar-refractivity contribution < 1.29 is 4.79 Å². The second kappa shape index (κ2) is 5.73. The van der Waals surface area contributed by atoms with E-state index >= 15 is 0 Å². The van der Waals surface area contributed by atoms with Gasteiger partial charge in [-0.1, -0.05) is 36.2 Å². The molecular weight excluding hydrogens is 278 g/mol. The average molecular weight is 302 g/mol. The Kier molecular flexibility index (Phi) is 4.51. The van der Waals surface area contributed by atoms with Gasteiger partial charge in [0, 0.05) is 17.3 Å². The molecule has 4 atom stereocenters. The smallest absolute Gasteiger partial charge is 0.223 e. The third-order valence-electron chi connectivity index (χ3n) is 4.36. The minimum atomic E-state index is 0.307. The lowest BCUT2D eigenvalue weighted by atomic mass is 9.88. The summed E-state index contributed by atoms with van der Waals surface area (Å²) in [7, 11) is 0. The van der Waals surface area contributed by atoms with Crippen molar-refractivity contribution in [1.29, 1.82) is 0 Å². The Morgan fingerprint density at radius 1 is 1.35 bits per heavy atom. The number of rotatable bonds is 5. The van der Waals surface area contributed by atoms with Crippen LogP contribution in [0.3, 0.4) is 0 Å². The number of alkyl halides is 1. The fourth-order valence-corrected chi connectivity index (χ4v) is 4.03. The third kappa shape index (κ3) is 3.24. The zero-order valence-corrected chi connectivity index (χ0v) is 12.5. The van der Waals surface area contributed by atoms with Gasteiger partial charge >= 0.3 is 0 Å². The van der Waals surface area contributed by atoms with Gasteiger partial charge in [0.25, 0.3) is 0 Å². The summed E-state index contributed by atoms with van der Waals surface area (Å²) in [5, 5.41) is 4.11. The maximum Gasteiger partial charge on any atom is 0.223 e. The molecule has 2 saturated carbocycles. The van der Waals surface area contributed by atoms with Crippen molar-refractivity contribution in [2.24, 2.45) is 23.7 Å². The zero-order valence-electron chi connectivity index (χ0n) is 10.9. The van der Waals surface area contributed by atoms with Gasteiger partial charge in [0.05, 0.1) is 0 Å². The summed E-state index contributed by atoms with van der Waals surface area (Å²) in [5.41, 5.74) is 0. The van der Waals surface area contributed by atoms with Crippen LogP contribution in [0, 0.1) is 23.7 Å². The van der Waals surface area contributed by atoms with Gasteiger partial charge in [-0.15, -0.1) is 0 Å². The molecule has 4 unspecified atom stereocenters. The molecular formula is C14H24BrNO. The fourth-order valence-electron chi connectivity index (χ4n) is 3.60. The van der Waals surface area contributed by atoms with E-state index in [1.54, 1.807) is 0 Å². The minimum Gasteiger partial charge on any atom is -0.352 e. The molecule has 2 nitrogen and oxygen atoms in total. The molecule has 2 aliphatic carbocycles. The van der Waals surface area contributed by atoms with Gasteiger partial charge < -0.3 is 5.32 Å². The highest BCUT2D eigenvalue weighted by atomic mass is 79.9. The van der Waals surface area contributed by atoms with Gasteiger partial charge in [0.2, 0.25) is 5.91 Å². The summed E-state index contributed by atoms with van der Waals surface area (Å²) in [6, 6.07) is 0.307. The molecule has 3 heteroatoms. The first-order valence-corrected chi connectivity index (χ1v) is 8.08. The van der Waals surface area contributed by atoms with Crippen LogP contribution in [0.5, 0.6) is 0 Å². The van der Waals surface area contributed by atoms with Crippen molar-refractivity contribution >= 4 is 21.8 Å². The summed E-state index contributed by atoms with van der Waals surface area (Å²) in [6.07, 6.45) is 6.17. The van der Waals surface area contributed by atoms with Crippen LogP contribution in [-0.4, -0.2) is 17.3 Å². The summed E-state index contributed by atoms with van der Waals surface area (Å²) >= 11 is 3.51. The van der Waals surface area contributed by atoms with E-state index in [1.165, 1.54) is 19.3 Å². The van der Waals surface area contributed by atoms with Crippen LogP contribution in [0.4, 0.5) is 0 Å². The maximum atomic E-state index is 12.3.